The predicted molar refractivity (Wildman–Crippen MR) is 171 cm³/mol. The molecule has 2 fully saturated rings. The van der Waals surface area contributed by atoms with Crippen molar-refractivity contribution in [1.82, 2.24) is 24.5 Å². The number of aryl methyl sites for hydroxylation is 1. The molecule has 2 unspecified atom stereocenters. The third-order valence-electron chi connectivity index (χ3n) is 9.49. The zero-order valence-corrected chi connectivity index (χ0v) is 27.6. The third kappa shape index (κ3) is 6.76. The number of rotatable bonds is 7. The van der Waals surface area contributed by atoms with Crippen molar-refractivity contribution >= 4 is 27.5 Å². The normalized spacial score (nSPS) is 23.6. The molecular weight excluding hydrogens is 633 g/mol. The van der Waals surface area contributed by atoms with Crippen molar-refractivity contribution in [3.8, 4) is 11.7 Å². The van der Waals surface area contributed by atoms with E-state index < -0.39 is 27.4 Å². The first-order valence-electron chi connectivity index (χ1n) is 16.1. The van der Waals surface area contributed by atoms with Gasteiger partial charge in [-0.1, -0.05) is 19.4 Å². The van der Waals surface area contributed by atoms with Gasteiger partial charge in [0.15, 0.2) is 20.8 Å². The maximum atomic E-state index is 13.8. The van der Waals surface area contributed by atoms with Crippen LogP contribution in [0.1, 0.15) is 81.6 Å². The molecule has 254 valence electrons. The fourth-order valence-corrected chi connectivity index (χ4v) is 7.64. The van der Waals surface area contributed by atoms with E-state index in [1.807, 2.05) is 6.07 Å². The minimum absolute atomic E-state index is 0.0386. The molecule has 0 aromatic carbocycles. The van der Waals surface area contributed by atoms with E-state index in [2.05, 4.69) is 45.8 Å². The molecule has 0 spiro atoms. The van der Waals surface area contributed by atoms with E-state index in [0.29, 0.717) is 36.5 Å². The Balaban J connectivity index is 1.31. The smallest absolute Gasteiger partial charge is 0.394 e. The number of fused-ring (bicyclic) bond motifs is 6. The van der Waals surface area contributed by atoms with Gasteiger partial charge in [0.2, 0.25) is 5.88 Å². The van der Waals surface area contributed by atoms with Gasteiger partial charge in [0, 0.05) is 30.9 Å². The lowest BCUT2D eigenvalue weighted by molar-refractivity contribution is -0.190. The second-order valence-corrected chi connectivity index (χ2v) is 15.2. The van der Waals surface area contributed by atoms with E-state index in [9.17, 15) is 22.2 Å². The van der Waals surface area contributed by atoms with Gasteiger partial charge in [-0.3, -0.25) is 9.52 Å². The number of amides is 1. The van der Waals surface area contributed by atoms with Gasteiger partial charge in [-0.2, -0.15) is 13.2 Å². The quantitative estimate of drug-likeness (QED) is 0.266. The van der Waals surface area contributed by atoms with Crippen LogP contribution in [0.4, 0.5) is 24.8 Å². The molecule has 3 aromatic rings. The van der Waals surface area contributed by atoms with Gasteiger partial charge < -0.3 is 15.0 Å². The van der Waals surface area contributed by atoms with Crippen LogP contribution in [0.25, 0.3) is 5.82 Å². The number of halogens is 3. The lowest BCUT2D eigenvalue weighted by Gasteiger charge is -2.34. The van der Waals surface area contributed by atoms with Gasteiger partial charge in [-0.15, -0.1) is 5.10 Å². The fraction of sp³-hybridized carbons (Fsp3) is 0.562. The molecule has 2 atom stereocenters. The Labute approximate surface area is 272 Å². The van der Waals surface area contributed by atoms with Crippen LogP contribution in [0.15, 0.2) is 41.6 Å². The standard InChI is InChI=1S/C32H41F3N8O3S/c1-4-6-22-8-11-26-39-27(22)37-16-5-7-21-19-30(2,3)42(20-21)28-23(29(44)41-47(26,36)45)9-10-24(38-28)43-17-12-25(40-43)46-18-15-31(13-14-31)32(33,34)35/h8-12,17,21H,4-7,13-16,18-20H2,1-3H3,(H,37,39)(H2,36,41,44,45). The van der Waals surface area contributed by atoms with E-state index in [1.165, 1.54) is 10.7 Å². The van der Waals surface area contributed by atoms with Crippen molar-refractivity contribution in [3.63, 3.8) is 0 Å². The highest BCUT2D eigenvalue weighted by molar-refractivity contribution is 7.91. The van der Waals surface area contributed by atoms with Crippen LogP contribution in [0.2, 0.25) is 0 Å². The molecule has 1 saturated heterocycles. The summed E-state index contributed by atoms with van der Waals surface area (Å²) in [6.45, 7) is 7.44. The Hall–Kier alpha value is -3.88. The number of anilines is 2. The number of pyridine rings is 2. The zero-order valence-electron chi connectivity index (χ0n) is 26.8. The van der Waals surface area contributed by atoms with E-state index in [-0.39, 0.29) is 47.9 Å². The molecule has 47 heavy (non-hydrogen) atoms. The number of hydrogen-bond donors (Lipinski definition) is 3. The summed E-state index contributed by atoms with van der Waals surface area (Å²) in [7, 11) is -3.83. The molecule has 0 radical (unpaired) electrons. The number of ether oxygens (including phenoxy) is 1. The maximum Gasteiger partial charge on any atom is 0.394 e. The van der Waals surface area contributed by atoms with Crippen LogP contribution < -0.4 is 19.7 Å². The minimum atomic E-state index is -4.24. The highest BCUT2D eigenvalue weighted by Crippen LogP contribution is 2.59. The number of hydrogen-bond acceptors (Lipinski definition) is 9. The van der Waals surface area contributed by atoms with Crippen molar-refractivity contribution in [1.29, 1.82) is 4.78 Å². The van der Waals surface area contributed by atoms with Gasteiger partial charge in [-0.25, -0.2) is 23.6 Å². The predicted octanol–water partition coefficient (Wildman–Crippen LogP) is 6.29. The van der Waals surface area contributed by atoms with E-state index in [1.54, 1.807) is 24.4 Å². The van der Waals surface area contributed by atoms with Crippen LogP contribution in [0, 0.1) is 16.1 Å². The van der Waals surface area contributed by atoms with E-state index in [0.717, 1.165) is 37.7 Å². The lowest BCUT2D eigenvalue weighted by Crippen LogP contribution is -2.41. The molecule has 1 saturated carbocycles. The van der Waals surface area contributed by atoms with Crippen LogP contribution in [0.5, 0.6) is 5.88 Å². The average Bonchev–Trinajstić information content (AvgIpc) is 3.55. The van der Waals surface area contributed by atoms with Crippen LogP contribution in [-0.4, -0.2) is 61.3 Å². The Morgan fingerprint density at radius 3 is 2.66 bits per heavy atom. The SMILES string of the molecule is CCCc1ccc2nc1NCCCC1CN(c3nc(-n4ccc(OCCC5(C(F)(F)F)CC5)n4)ccc3C(=O)NS2(=N)=O)C(C)(C)C1. The zero-order chi connectivity index (χ0) is 33.6. The van der Waals surface area contributed by atoms with Crippen LogP contribution >= 0.6 is 0 Å². The monoisotopic (exact) mass is 674 g/mol. The Bertz CT molecular complexity index is 1750. The number of carbonyl (C=O) groups is 1. The number of aromatic nitrogens is 4. The summed E-state index contributed by atoms with van der Waals surface area (Å²) in [4.78, 5) is 25.3. The number of alkyl halides is 3. The molecule has 3 N–H and O–H groups in total. The van der Waals surface area contributed by atoms with Gasteiger partial charge >= 0.3 is 6.18 Å². The molecule has 15 heteroatoms. The molecule has 11 nitrogen and oxygen atoms in total. The van der Waals surface area contributed by atoms with Crippen LogP contribution in [0.3, 0.4) is 0 Å². The molecule has 1 amide bonds. The van der Waals surface area contributed by atoms with E-state index >= 15 is 0 Å². The summed E-state index contributed by atoms with van der Waals surface area (Å²) in [5, 5.41) is 7.72. The second kappa shape index (κ2) is 12.3. The van der Waals surface area contributed by atoms with Crippen LogP contribution in [-0.2, 0) is 16.3 Å². The Morgan fingerprint density at radius 2 is 1.94 bits per heavy atom. The Kier molecular flexibility index (Phi) is 8.64. The molecule has 2 aliphatic heterocycles. The fourth-order valence-electron chi connectivity index (χ4n) is 6.68. The van der Waals surface area contributed by atoms with Gasteiger partial charge in [0.05, 0.1) is 17.6 Å². The number of nitrogens with one attached hydrogen (secondary N) is 3. The first-order valence-corrected chi connectivity index (χ1v) is 17.7. The topological polar surface area (TPSA) is 138 Å². The van der Waals surface area contributed by atoms with Crippen molar-refractivity contribution in [2.75, 3.05) is 29.9 Å². The molecule has 3 aromatic heterocycles. The van der Waals surface area contributed by atoms with Gasteiger partial charge in [0.25, 0.3) is 5.91 Å². The third-order valence-corrected chi connectivity index (χ3v) is 10.8. The molecule has 4 bridgehead atoms. The number of nitrogens with zero attached hydrogens (tertiary/aromatic N) is 5. The summed E-state index contributed by atoms with van der Waals surface area (Å²) in [5.41, 5.74) is -0.897. The molecule has 6 rings (SSSR count). The first kappa shape index (κ1) is 33.0. The summed E-state index contributed by atoms with van der Waals surface area (Å²) >= 11 is 0. The Morgan fingerprint density at radius 1 is 1.15 bits per heavy atom. The summed E-state index contributed by atoms with van der Waals surface area (Å²) in [6.07, 6.45) is 1.80. The van der Waals surface area contributed by atoms with Crippen molar-refractivity contribution in [2.45, 2.75) is 88.9 Å². The summed E-state index contributed by atoms with van der Waals surface area (Å²) in [5.74, 6) is 1.09. The molecule has 1 aliphatic carbocycles. The number of carbonyl (C=O) groups excluding carboxylic acids is 1. The second-order valence-electron chi connectivity index (χ2n) is 13.5. The molecular formula is C32H41F3N8O3S. The molecule has 5 heterocycles. The highest BCUT2D eigenvalue weighted by atomic mass is 32.2. The lowest BCUT2D eigenvalue weighted by atomic mass is 9.93. The van der Waals surface area contributed by atoms with Gasteiger partial charge in [-0.05, 0) is 88.5 Å². The van der Waals surface area contributed by atoms with Gasteiger partial charge in [0.1, 0.15) is 11.6 Å². The summed E-state index contributed by atoms with van der Waals surface area (Å²) in [6, 6.07) is 8.05. The first-order chi connectivity index (χ1) is 22.2. The van der Waals surface area contributed by atoms with Crippen molar-refractivity contribution < 1.29 is 26.9 Å². The molecule has 3 aliphatic rings. The average molecular weight is 675 g/mol. The summed E-state index contributed by atoms with van der Waals surface area (Å²) < 4.78 is 71.7. The highest BCUT2D eigenvalue weighted by Gasteiger charge is 2.62. The van der Waals surface area contributed by atoms with Crippen molar-refractivity contribution in [2.24, 2.45) is 11.3 Å². The maximum absolute atomic E-state index is 13.8. The minimum Gasteiger partial charge on any atom is -0.477 e. The largest absolute Gasteiger partial charge is 0.477 e. The van der Waals surface area contributed by atoms with E-state index in [4.69, 9.17) is 14.5 Å². The van der Waals surface area contributed by atoms with Crippen molar-refractivity contribution in [3.05, 3.63) is 47.7 Å².